The third-order valence-corrected chi connectivity index (χ3v) is 6.96. The van der Waals surface area contributed by atoms with Gasteiger partial charge in [0.25, 0.3) is 0 Å². The monoisotopic (exact) mass is 616 g/mol. The molecule has 4 aromatic carbocycles. The number of carbonyl (C=O) groups is 2. The number of carbonyl (C=O) groups excluding carboxylic acids is 2. The van der Waals surface area contributed by atoms with Gasteiger partial charge in [0, 0.05) is 42.9 Å². The fourth-order valence-corrected chi connectivity index (χ4v) is 4.63. The summed E-state index contributed by atoms with van der Waals surface area (Å²) in [6, 6.07) is 23.7. The number of benzene rings is 4. The van der Waals surface area contributed by atoms with E-state index in [1.54, 1.807) is 98.1 Å². The SMILES string of the molecule is C=C(C(=O)c1ccc(OC)cc1)c1c(Cl)cccc1Cl.O=C(C=Cc1c(Cl)cccc1Cl)c1ccc(Cl)cc1. The summed E-state index contributed by atoms with van der Waals surface area (Å²) in [6.07, 6.45) is 3.05. The van der Waals surface area contributed by atoms with Gasteiger partial charge in [0.2, 0.25) is 0 Å². The Hall–Kier alpha value is -3.05. The molecule has 0 aliphatic carbocycles. The molecular weight excluding hydrogens is 598 g/mol. The van der Waals surface area contributed by atoms with E-state index >= 15 is 0 Å². The molecule has 4 aromatic rings. The molecule has 0 saturated carbocycles. The minimum atomic E-state index is -0.220. The lowest BCUT2D eigenvalue weighted by atomic mass is 9.98. The first-order valence-corrected chi connectivity index (χ1v) is 13.3. The Morgan fingerprint density at radius 2 is 1.18 bits per heavy atom. The van der Waals surface area contributed by atoms with Crippen LogP contribution in [-0.2, 0) is 0 Å². The fourth-order valence-electron chi connectivity index (χ4n) is 3.36. The Labute approximate surface area is 252 Å². The number of ether oxygens (including phenoxy) is 1. The second-order valence-electron chi connectivity index (χ2n) is 7.97. The van der Waals surface area contributed by atoms with Gasteiger partial charge in [0.15, 0.2) is 11.6 Å². The average molecular weight is 619 g/mol. The van der Waals surface area contributed by atoms with E-state index in [-0.39, 0.29) is 17.1 Å². The molecule has 0 aliphatic heterocycles. The van der Waals surface area contributed by atoms with E-state index in [4.69, 9.17) is 62.7 Å². The van der Waals surface area contributed by atoms with Crippen LogP contribution in [0.1, 0.15) is 31.8 Å². The van der Waals surface area contributed by atoms with Crippen LogP contribution in [0, 0.1) is 0 Å². The summed E-state index contributed by atoms with van der Waals surface area (Å²) in [5.41, 5.74) is 2.44. The van der Waals surface area contributed by atoms with E-state index in [0.717, 1.165) is 0 Å². The normalized spacial score (nSPS) is 10.5. The largest absolute Gasteiger partial charge is 0.497 e. The minimum absolute atomic E-state index is 0.132. The van der Waals surface area contributed by atoms with E-state index in [0.29, 0.717) is 53.1 Å². The van der Waals surface area contributed by atoms with Crippen LogP contribution in [0.2, 0.25) is 25.1 Å². The maximum atomic E-state index is 12.4. The molecule has 0 atom stereocenters. The first-order chi connectivity index (χ1) is 18.6. The highest BCUT2D eigenvalue weighted by molar-refractivity contribution is 6.42. The number of hydrogen-bond acceptors (Lipinski definition) is 3. The zero-order valence-electron chi connectivity index (χ0n) is 20.6. The van der Waals surface area contributed by atoms with Gasteiger partial charge in [0.1, 0.15) is 5.75 Å². The Balaban J connectivity index is 0.000000216. The van der Waals surface area contributed by atoms with Gasteiger partial charge in [0.05, 0.1) is 17.2 Å². The van der Waals surface area contributed by atoms with Gasteiger partial charge in [-0.2, -0.15) is 0 Å². The number of allylic oxidation sites excluding steroid dienone is 2. The van der Waals surface area contributed by atoms with Crippen molar-refractivity contribution in [3.63, 3.8) is 0 Å². The Morgan fingerprint density at radius 1 is 0.692 bits per heavy atom. The summed E-state index contributed by atoms with van der Waals surface area (Å²) in [5.74, 6) is 0.332. The molecule has 0 fully saturated rings. The molecule has 0 amide bonds. The Kier molecular flexibility index (Phi) is 11.2. The van der Waals surface area contributed by atoms with Gasteiger partial charge in [-0.1, -0.05) is 76.7 Å². The van der Waals surface area contributed by atoms with Crippen LogP contribution in [0.15, 0.2) is 97.6 Å². The van der Waals surface area contributed by atoms with Crippen molar-refractivity contribution in [1.29, 1.82) is 0 Å². The number of hydrogen-bond donors (Lipinski definition) is 0. The predicted octanol–water partition coefficient (Wildman–Crippen LogP) is 10.4. The van der Waals surface area contributed by atoms with Gasteiger partial charge in [-0.05, 0) is 84.9 Å². The van der Waals surface area contributed by atoms with Crippen molar-refractivity contribution >= 4 is 81.2 Å². The highest BCUT2D eigenvalue weighted by Gasteiger charge is 2.17. The highest BCUT2D eigenvalue weighted by atomic mass is 35.5. The summed E-state index contributed by atoms with van der Waals surface area (Å²) in [7, 11) is 1.57. The van der Waals surface area contributed by atoms with Crippen LogP contribution < -0.4 is 4.74 Å². The lowest BCUT2D eigenvalue weighted by Gasteiger charge is -2.09. The Morgan fingerprint density at radius 3 is 1.69 bits per heavy atom. The molecule has 0 aliphatic rings. The summed E-state index contributed by atoms with van der Waals surface area (Å²) >= 11 is 30.0. The van der Waals surface area contributed by atoms with E-state index in [9.17, 15) is 9.59 Å². The number of rotatable bonds is 7. The second kappa shape index (κ2) is 14.4. The van der Waals surface area contributed by atoms with Crippen molar-refractivity contribution in [1.82, 2.24) is 0 Å². The van der Waals surface area contributed by atoms with Crippen LogP contribution in [0.25, 0.3) is 11.6 Å². The fraction of sp³-hybridized carbons (Fsp3) is 0.0323. The number of methoxy groups -OCH3 is 1. The summed E-state index contributed by atoms with van der Waals surface area (Å²) in [4.78, 5) is 24.3. The number of Topliss-reactive ketones (excluding diaryl/α,β-unsaturated/α-hetero) is 1. The van der Waals surface area contributed by atoms with Crippen molar-refractivity contribution in [2.75, 3.05) is 7.11 Å². The van der Waals surface area contributed by atoms with Gasteiger partial charge < -0.3 is 4.74 Å². The minimum Gasteiger partial charge on any atom is -0.497 e. The number of ketones is 2. The molecule has 4 rings (SSSR count). The van der Waals surface area contributed by atoms with E-state index in [1.165, 1.54) is 6.08 Å². The van der Waals surface area contributed by atoms with E-state index < -0.39 is 0 Å². The topological polar surface area (TPSA) is 43.4 Å². The third-order valence-electron chi connectivity index (χ3n) is 5.42. The van der Waals surface area contributed by atoms with Crippen molar-refractivity contribution in [2.24, 2.45) is 0 Å². The molecule has 198 valence electrons. The molecule has 0 bridgehead atoms. The zero-order valence-corrected chi connectivity index (χ0v) is 24.3. The first kappa shape index (κ1) is 30.5. The first-order valence-electron chi connectivity index (χ1n) is 11.4. The second-order valence-corrected chi connectivity index (χ2v) is 10.0. The molecule has 0 N–H and O–H groups in total. The highest BCUT2D eigenvalue weighted by Crippen LogP contribution is 2.32. The number of halogens is 5. The van der Waals surface area contributed by atoms with Crippen LogP contribution in [0.5, 0.6) is 5.75 Å². The Bertz CT molecular complexity index is 1480. The summed E-state index contributed by atoms with van der Waals surface area (Å²) in [6.45, 7) is 3.82. The summed E-state index contributed by atoms with van der Waals surface area (Å²) < 4.78 is 5.06. The molecule has 0 aromatic heterocycles. The molecule has 39 heavy (non-hydrogen) atoms. The van der Waals surface area contributed by atoms with Crippen LogP contribution >= 0.6 is 58.0 Å². The van der Waals surface area contributed by atoms with Gasteiger partial charge in [-0.3, -0.25) is 9.59 Å². The maximum Gasteiger partial charge on any atom is 0.193 e. The molecular formula is C31H21Cl5O3. The summed E-state index contributed by atoms with van der Waals surface area (Å²) in [5, 5.41) is 2.42. The van der Waals surface area contributed by atoms with Crippen molar-refractivity contribution in [3.8, 4) is 5.75 Å². The standard InChI is InChI=1S/C16H12Cl2O2.C15H9Cl3O/c1-10(15-13(17)4-3-5-14(15)18)16(19)11-6-8-12(20-2)9-7-11;16-11-6-4-10(5-7-11)15(19)9-8-12-13(17)2-1-3-14(12)18/h3-9H,1H2,2H3;1-9H. The average Bonchev–Trinajstić information content (AvgIpc) is 2.93. The van der Waals surface area contributed by atoms with E-state index in [2.05, 4.69) is 6.58 Å². The van der Waals surface area contributed by atoms with Crippen LogP contribution in [-0.4, -0.2) is 18.7 Å². The van der Waals surface area contributed by atoms with Crippen LogP contribution in [0.3, 0.4) is 0 Å². The molecule has 0 radical (unpaired) electrons. The van der Waals surface area contributed by atoms with Crippen molar-refractivity contribution in [2.45, 2.75) is 0 Å². The smallest absolute Gasteiger partial charge is 0.193 e. The lowest BCUT2D eigenvalue weighted by molar-refractivity contribution is 0.104. The quantitative estimate of drug-likeness (QED) is 0.153. The molecule has 3 nitrogen and oxygen atoms in total. The molecule has 0 unspecified atom stereocenters. The zero-order chi connectivity index (χ0) is 28.5. The van der Waals surface area contributed by atoms with Crippen LogP contribution in [0.4, 0.5) is 0 Å². The predicted molar refractivity (Wildman–Crippen MR) is 164 cm³/mol. The van der Waals surface area contributed by atoms with Crippen molar-refractivity contribution in [3.05, 3.63) is 145 Å². The molecule has 0 spiro atoms. The van der Waals surface area contributed by atoms with Gasteiger partial charge in [-0.15, -0.1) is 0 Å². The van der Waals surface area contributed by atoms with Crippen molar-refractivity contribution < 1.29 is 14.3 Å². The molecule has 0 saturated heterocycles. The van der Waals surface area contributed by atoms with Gasteiger partial charge >= 0.3 is 0 Å². The lowest BCUT2D eigenvalue weighted by Crippen LogP contribution is -2.03. The van der Waals surface area contributed by atoms with E-state index in [1.807, 2.05) is 0 Å². The maximum absolute atomic E-state index is 12.4. The van der Waals surface area contributed by atoms with Gasteiger partial charge in [-0.25, -0.2) is 0 Å². The molecule has 8 heteroatoms. The third kappa shape index (κ3) is 8.22. The molecule has 0 heterocycles.